The highest BCUT2D eigenvalue weighted by molar-refractivity contribution is 5.58. The smallest absolute Gasteiger partial charge is 0.122 e. The van der Waals surface area contributed by atoms with E-state index in [1.54, 1.807) is 31.2 Å². The highest BCUT2D eigenvalue weighted by Crippen LogP contribution is 2.31. The summed E-state index contributed by atoms with van der Waals surface area (Å²) in [5.74, 6) is 0.374. The Kier molecular flexibility index (Phi) is 3.25. The third-order valence-corrected chi connectivity index (χ3v) is 3.25. The van der Waals surface area contributed by atoms with Crippen molar-refractivity contribution in [1.29, 1.82) is 0 Å². The molecule has 0 aromatic heterocycles. The normalized spacial score (nSPS) is 10.6. The second-order valence-corrected chi connectivity index (χ2v) is 4.86. The minimum atomic E-state index is 0.172. The lowest BCUT2D eigenvalue weighted by Crippen LogP contribution is -1.97. The van der Waals surface area contributed by atoms with Gasteiger partial charge in [0, 0.05) is 28.9 Å². The van der Waals surface area contributed by atoms with Crippen molar-refractivity contribution in [3.05, 3.63) is 46.5 Å². The molecule has 0 saturated heterocycles. The van der Waals surface area contributed by atoms with Gasteiger partial charge in [0.15, 0.2) is 0 Å². The van der Waals surface area contributed by atoms with Crippen molar-refractivity contribution in [3.63, 3.8) is 0 Å². The van der Waals surface area contributed by atoms with Gasteiger partial charge in [0.1, 0.15) is 11.5 Å². The largest absolute Gasteiger partial charge is 0.508 e. The van der Waals surface area contributed by atoms with E-state index in [1.807, 2.05) is 6.92 Å². The third kappa shape index (κ3) is 2.57. The summed E-state index contributed by atoms with van der Waals surface area (Å²) >= 11 is 0. The minimum absolute atomic E-state index is 0.172. The van der Waals surface area contributed by atoms with Crippen LogP contribution in [0.1, 0.15) is 22.3 Å². The van der Waals surface area contributed by atoms with E-state index in [2.05, 4.69) is 0 Å². The van der Waals surface area contributed by atoms with Gasteiger partial charge < -0.3 is 21.7 Å². The number of phenols is 2. The molecule has 0 aliphatic heterocycles. The lowest BCUT2D eigenvalue weighted by Gasteiger charge is -2.12. The lowest BCUT2D eigenvalue weighted by molar-refractivity contribution is 0.460. The van der Waals surface area contributed by atoms with Gasteiger partial charge in [-0.15, -0.1) is 0 Å². The molecule has 4 nitrogen and oxygen atoms in total. The van der Waals surface area contributed by atoms with Crippen molar-refractivity contribution in [2.45, 2.75) is 20.3 Å². The number of rotatable bonds is 2. The fourth-order valence-corrected chi connectivity index (χ4v) is 2.12. The number of hydrogen-bond donors (Lipinski definition) is 4. The van der Waals surface area contributed by atoms with Gasteiger partial charge in [0.05, 0.1) is 0 Å². The Morgan fingerprint density at radius 3 is 2.26 bits per heavy atom. The van der Waals surface area contributed by atoms with Crippen LogP contribution in [0.3, 0.4) is 0 Å². The van der Waals surface area contributed by atoms with Crippen LogP contribution in [0.15, 0.2) is 24.3 Å². The zero-order chi connectivity index (χ0) is 14.2. The van der Waals surface area contributed by atoms with E-state index < -0.39 is 0 Å². The summed E-state index contributed by atoms with van der Waals surface area (Å²) in [6.45, 7) is 3.62. The minimum Gasteiger partial charge on any atom is -0.508 e. The zero-order valence-corrected chi connectivity index (χ0v) is 11.1. The monoisotopic (exact) mass is 258 g/mol. The Balaban J connectivity index is 2.44. The molecule has 0 aliphatic rings. The molecule has 2 aromatic rings. The van der Waals surface area contributed by atoms with E-state index in [9.17, 15) is 10.2 Å². The van der Waals surface area contributed by atoms with Crippen LogP contribution in [-0.4, -0.2) is 10.2 Å². The van der Waals surface area contributed by atoms with Crippen molar-refractivity contribution in [2.75, 3.05) is 11.5 Å². The van der Waals surface area contributed by atoms with Gasteiger partial charge in [-0.1, -0.05) is 0 Å². The van der Waals surface area contributed by atoms with Crippen molar-refractivity contribution >= 4 is 11.4 Å². The molecular formula is C15H18N2O2. The molecule has 0 unspecified atom stereocenters. The van der Waals surface area contributed by atoms with Crippen LogP contribution in [0, 0.1) is 13.8 Å². The lowest BCUT2D eigenvalue weighted by atomic mass is 9.98. The number of phenolic OH excluding ortho intramolecular Hbond substituents is 2. The summed E-state index contributed by atoms with van der Waals surface area (Å²) in [4.78, 5) is 0. The van der Waals surface area contributed by atoms with E-state index in [0.717, 1.165) is 11.1 Å². The van der Waals surface area contributed by atoms with Crippen molar-refractivity contribution in [3.8, 4) is 11.5 Å². The first-order valence-electron chi connectivity index (χ1n) is 6.04. The number of aryl methyl sites for hydroxylation is 2. The molecule has 100 valence electrons. The number of nitrogens with two attached hydrogens (primary N) is 2. The second kappa shape index (κ2) is 4.72. The van der Waals surface area contributed by atoms with Crippen LogP contribution in [0.2, 0.25) is 0 Å². The van der Waals surface area contributed by atoms with Gasteiger partial charge in [0.25, 0.3) is 0 Å². The highest BCUT2D eigenvalue weighted by Gasteiger charge is 2.11. The number of aromatic hydroxyl groups is 2. The van der Waals surface area contributed by atoms with Crippen LogP contribution in [0.4, 0.5) is 11.4 Å². The summed E-state index contributed by atoms with van der Waals surface area (Å²) < 4.78 is 0. The molecule has 0 fully saturated rings. The molecule has 0 radical (unpaired) electrons. The molecule has 0 heterocycles. The van der Waals surface area contributed by atoms with Gasteiger partial charge >= 0.3 is 0 Å². The van der Waals surface area contributed by atoms with E-state index in [4.69, 9.17) is 11.5 Å². The first-order valence-corrected chi connectivity index (χ1v) is 6.04. The number of hydrogen-bond acceptors (Lipinski definition) is 4. The predicted molar refractivity (Wildman–Crippen MR) is 77.3 cm³/mol. The molecule has 19 heavy (non-hydrogen) atoms. The van der Waals surface area contributed by atoms with Gasteiger partial charge in [-0.3, -0.25) is 0 Å². The number of anilines is 2. The fraction of sp³-hybridized carbons (Fsp3) is 0.200. The maximum atomic E-state index is 10.0. The van der Waals surface area contributed by atoms with Crippen LogP contribution in [0.25, 0.3) is 0 Å². The summed E-state index contributed by atoms with van der Waals surface area (Å²) in [5, 5.41) is 20.0. The maximum Gasteiger partial charge on any atom is 0.122 e. The van der Waals surface area contributed by atoms with Gasteiger partial charge in [-0.25, -0.2) is 0 Å². The van der Waals surface area contributed by atoms with E-state index in [1.165, 1.54) is 0 Å². The molecule has 0 atom stereocenters. The van der Waals surface area contributed by atoms with Gasteiger partial charge in [0.2, 0.25) is 0 Å². The van der Waals surface area contributed by atoms with Crippen LogP contribution < -0.4 is 11.5 Å². The van der Waals surface area contributed by atoms with Crippen LogP contribution >= 0.6 is 0 Å². The molecule has 6 N–H and O–H groups in total. The quantitative estimate of drug-likeness (QED) is 0.492. The van der Waals surface area contributed by atoms with E-state index in [-0.39, 0.29) is 11.5 Å². The van der Waals surface area contributed by atoms with Gasteiger partial charge in [-0.05, 0) is 49.2 Å². The zero-order valence-electron chi connectivity index (χ0n) is 11.1. The SMILES string of the molecule is Cc1cc(O)c(Cc2cc(N)cc(C)c2O)cc1N. The Hall–Kier alpha value is -2.36. The third-order valence-electron chi connectivity index (χ3n) is 3.25. The van der Waals surface area contributed by atoms with Crippen molar-refractivity contribution < 1.29 is 10.2 Å². The Bertz CT molecular complexity index is 637. The summed E-state index contributed by atoms with van der Waals surface area (Å²) in [7, 11) is 0. The Morgan fingerprint density at radius 2 is 1.58 bits per heavy atom. The summed E-state index contributed by atoms with van der Waals surface area (Å²) in [6, 6.07) is 6.77. The second-order valence-electron chi connectivity index (χ2n) is 4.86. The van der Waals surface area contributed by atoms with Crippen molar-refractivity contribution in [1.82, 2.24) is 0 Å². The fourth-order valence-electron chi connectivity index (χ4n) is 2.12. The van der Waals surface area contributed by atoms with E-state index >= 15 is 0 Å². The molecular weight excluding hydrogens is 240 g/mol. The first-order chi connectivity index (χ1) is 8.88. The average molecular weight is 258 g/mol. The standard InChI is InChI=1S/C15H18N2O2/c1-8-4-14(18)10(7-13(8)17)5-11-6-12(16)3-9(2)15(11)19/h3-4,6-7,18-19H,5,16-17H2,1-2H3. The Labute approximate surface area is 112 Å². The van der Waals surface area contributed by atoms with Crippen molar-refractivity contribution in [2.24, 2.45) is 0 Å². The molecule has 2 aromatic carbocycles. The first kappa shape index (κ1) is 13.1. The van der Waals surface area contributed by atoms with Crippen LogP contribution in [-0.2, 0) is 6.42 Å². The molecule has 2 rings (SSSR count). The Morgan fingerprint density at radius 1 is 0.895 bits per heavy atom. The summed E-state index contributed by atoms with van der Waals surface area (Å²) in [6.07, 6.45) is 0.383. The predicted octanol–water partition coefficient (Wildman–Crippen LogP) is 2.47. The maximum absolute atomic E-state index is 10.0. The molecule has 0 saturated carbocycles. The topological polar surface area (TPSA) is 92.5 Å². The number of nitrogen functional groups attached to an aromatic ring is 2. The molecule has 0 spiro atoms. The molecule has 0 amide bonds. The number of benzene rings is 2. The average Bonchev–Trinajstić information content (AvgIpc) is 2.32. The van der Waals surface area contributed by atoms with E-state index in [0.29, 0.717) is 28.9 Å². The molecule has 4 heteroatoms. The van der Waals surface area contributed by atoms with Crippen LogP contribution in [0.5, 0.6) is 11.5 Å². The molecule has 0 bridgehead atoms. The summed E-state index contributed by atoms with van der Waals surface area (Å²) in [5.41, 5.74) is 15.7. The highest BCUT2D eigenvalue weighted by atomic mass is 16.3. The van der Waals surface area contributed by atoms with Gasteiger partial charge in [-0.2, -0.15) is 0 Å². The molecule has 0 aliphatic carbocycles.